The third kappa shape index (κ3) is 10.2. The number of rotatable bonds is 8. The summed E-state index contributed by atoms with van der Waals surface area (Å²) in [5.41, 5.74) is 0. The molecule has 0 unspecified atom stereocenters. The van der Waals surface area contributed by atoms with Crippen molar-refractivity contribution in [1.29, 1.82) is 0 Å². The highest BCUT2D eigenvalue weighted by Crippen LogP contribution is 2.23. The van der Waals surface area contributed by atoms with Crippen molar-refractivity contribution in [2.45, 2.75) is 51.9 Å². The number of phenolic OH excluding ortho intramolecular Hbond substituents is 1. The topological polar surface area (TPSA) is 66.8 Å². The Bertz CT molecular complexity index is 363. The Morgan fingerprint density at radius 3 is 2.20 bits per heavy atom. The van der Waals surface area contributed by atoms with Gasteiger partial charge in [-0.2, -0.15) is 0 Å². The van der Waals surface area contributed by atoms with E-state index >= 15 is 0 Å². The van der Waals surface area contributed by atoms with Gasteiger partial charge in [0.15, 0.2) is 11.5 Å². The fourth-order valence-corrected chi connectivity index (χ4v) is 1.69. The summed E-state index contributed by atoms with van der Waals surface area (Å²) in [4.78, 5) is 10.1. The summed E-state index contributed by atoms with van der Waals surface area (Å²) in [5, 5.41) is 17.3. The van der Waals surface area contributed by atoms with E-state index in [9.17, 15) is 4.79 Å². The van der Waals surface area contributed by atoms with Crippen molar-refractivity contribution >= 4 is 5.97 Å². The zero-order valence-corrected chi connectivity index (χ0v) is 12.5. The molecule has 0 spiro atoms. The van der Waals surface area contributed by atoms with E-state index in [1.807, 2.05) is 0 Å². The molecule has 1 aromatic carbocycles. The van der Waals surface area contributed by atoms with Gasteiger partial charge in [-0.05, 0) is 18.6 Å². The van der Waals surface area contributed by atoms with Crippen LogP contribution in [0.4, 0.5) is 0 Å². The lowest BCUT2D eigenvalue weighted by molar-refractivity contribution is -0.137. The number of ether oxygens (including phenoxy) is 1. The molecule has 0 saturated heterocycles. The molecule has 0 aliphatic rings. The van der Waals surface area contributed by atoms with Gasteiger partial charge in [-0.3, -0.25) is 4.79 Å². The second-order valence-electron chi connectivity index (χ2n) is 4.58. The zero-order valence-electron chi connectivity index (χ0n) is 12.5. The van der Waals surface area contributed by atoms with Gasteiger partial charge in [0, 0.05) is 6.42 Å². The highest BCUT2D eigenvalue weighted by Gasteiger charge is 1.95. The third-order valence-corrected chi connectivity index (χ3v) is 2.83. The largest absolute Gasteiger partial charge is 0.504 e. The summed E-state index contributed by atoms with van der Waals surface area (Å²) < 4.78 is 4.79. The minimum Gasteiger partial charge on any atom is -0.504 e. The average Bonchev–Trinajstić information content (AvgIpc) is 2.44. The molecule has 0 fully saturated rings. The molecule has 0 aromatic heterocycles. The molecule has 1 aromatic rings. The number of hydrogen-bond acceptors (Lipinski definition) is 3. The number of aromatic hydroxyl groups is 1. The number of benzene rings is 1. The predicted octanol–water partition coefficient (Wildman–Crippen LogP) is 4.22. The molecule has 114 valence electrons. The lowest BCUT2D eigenvalue weighted by Crippen LogP contribution is -1.93. The van der Waals surface area contributed by atoms with Crippen LogP contribution in [0.15, 0.2) is 24.3 Å². The first-order chi connectivity index (χ1) is 9.61. The van der Waals surface area contributed by atoms with Crippen molar-refractivity contribution in [2.24, 2.45) is 0 Å². The molecule has 0 heterocycles. The van der Waals surface area contributed by atoms with E-state index in [1.165, 1.54) is 32.8 Å². The Hall–Kier alpha value is -1.71. The van der Waals surface area contributed by atoms with Crippen LogP contribution in [0.3, 0.4) is 0 Å². The number of methoxy groups -OCH3 is 1. The number of para-hydroxylation sites is 2. The van der Waals surface area contributed by atoms with Crippen LogP contribution in [-0.4, -0.2) is 23.3 Å². The Kier molecular flexibility index (Phi) is 11.3. The Balaban J connectivity index is 0.000000367. The van der Waals surface area contributed by atoms with Crippen LogP contribution in [-0.2, 0) is 4.79 Å². The Morgan fingerprint density at radius 1 is 1.10 bits per heavy atom. The maximum Gasteiger partial charge on any atom is 0.303 e. The van der Waals surface area contributed by atoms with Gasteiger partial charge in [-0.1, -0.05) is 51.2 Å². The van der Waals surface area contributed by atoms with Gasteiger partial charge in [0.25, 0.3) is 0 Å². The number of phenols is 1. The second-order valence-corrected chi connectivity index (χ2v) is 4.58. The number of carboxylic acid groups (broad SMARTS) is 1. The lowest BCUT2D eigenvalue weighted by Gasteiger charge is -1.99. The predicted molar refractivity (Wildman–Crippen MR) is 80.3 cm³/mol. The lowest BCUT2D eigenvalue weighted by atomic mass is 10.1. The van der Waals surface area contributed by atoms with Gasteiger partial charge in [-0.15, -0.1) is 0 Å². The molecule has 4 heteroatoms. The molecule has 0 atom stereocenters. The Morgan fingerprint density at radius 2 is 1.70 bits per heavy atom. The smallest absolute Gasteiger partial charge is 0.303 e. The first-order valence-corrected chi connectivity index (χ1v) is 7.15. The molecular formula is C16H26O4. The maximum absolute atomic E-state index is 10.1. The van der Waals surface area contributed by atoms with Gasteiger partial charge in [0.2, 0.25) is 0 Å². The van der Waals surface area contributed by atoms with Crippen LogP contribution in [0, 0.1) is 0 Å². The van der Waals surface area contributed by atoms with Gasteiger partial charge in [0.05, 0.1) is 7.11 Å². The molecule has 0 aliphatic carbocycles. The molecule has 0 radical (unpaired) electrons. The minimum absolute atomic E-state index is 0.181. The van der Waals surface area contributed by atoms with Crippen molar-refractivity contribution < 1.29 is 19.7 Å². The van der Waals surface area contributed by atoms with Crippen molar-refractivity contribution in [2.75, 3.05) is 7.11 Å². The summed E-state index contributed by atoms with van der Waals surface area (Å²) in [6.45, 7) is 2.18. The van der Waals surface area contributed by atoms with Crippen molar-refractivity contribution in [3.63, 3.8) is 0 Å². The summed E-state index contributed by atoms with van der Waals surface area (Å²) in [5.74, 6) is 0.0259. The van der Waals surface area contributed by atoms with Crippen molar-refractivity contribution in [1.82, 2.24) is 0 Å². The van der Waals surface area contributed by atoms with Crippen molar-refractivity contribution in [3.8, 4) is 11.5 Å². The molecule has 20 heavy (non-hydrogen) atoms. The van der Waals surface area contributed by atoms with Gasteiger partial charge in [-0.25, -0.2) is 0 Å². The van der Waals surface area contributed by atoms with Crippen molar-refractivity contribution in [3.05, 3.63) is 24.3 Å². The first kappa shape index (κ1) is 18.3. The van der Waals surface area contributed by atoms with E-state index in [0.717, 1.165) is 12.8 Å². The third-order valence-electron chi connectivity index (χ3n) is 2.83. The number of carboxylic acids is 1. The molecule has 1 rings (SSSR count). The SMILES string of the molecule is CCCCCCCCC(=O)O.COc1ccccc1O. The summed E-state index contributed by atoms with van der Waals surface area (Å²) in [6.07, 6.45) is 7.25. The van der Waals surface area contributed by atoms with E-state index in [4.69, 9.17) is 14.9 Å². The quantitative estimate of drug-likeness (QED) is 0.700. The molecule has 0 aliphatic heterocycles. The van der Waals surface area contributed by atoms with E-state index in [2.05, 4.69) is 6.92 Å². The Labute approximate surface area is 121 Å². The van der Waals surface area contributed by atoms with E-state index in [0.29, 0.717) is 12.2 Å². The van der Waals surface area contributed by atoms with Crippen LogP contribution in [0.1, 0.15) is 51.9 Å². The number of unbranched alkanes of at least 4 members (excludes halogenated alkanes) is 5. The van der Waals surface area contributed by atoms with E-state index < -0.39 is 5.97 Å². The molecule has 0 saturated carbocycles. The number of carbonyl (C=O) groups is 1. The fourth-order valence-electron chi connectivity index (χ4n) is 1.69. The number of aliphatic carboxylic acids is 1. The van der Waals surface area contributed by atoms with Crippen LogP contribution in [0.25, 0.3) is 0 Å². The standard InChI is InChI=1S/C9H18O2.C7H8O2/c1-2-3-4-5-6-7-8-9(10)11;1-9-7-5-3-2-4-6(7)8/h2-8H2,1H3,(H,10,11);2-5,8H,1H3. The maximum atomic E-state index is 10.1. The van der Waals surface area contributed by atoms with Gasteiger partial charge in [0.1, 0.15) is 0 Å². The fraction of sp³-hybridized carbons (Fsp3) is 0.562. The first-order valence-electron chi connectivity index (χ1n) is 7.15. The van der Waals surface area contributed by atoms with E-state index in [1.54, 1.807) is 24.3 Å². The van der Waals surface area contributed by atoms with Crippen LogP contribution >= 0.6 is 0 Å². The van der Waals surface area contributed by atoms with Crippen LogP contribution in [0.2, 0.25) is 0 Å². The zero-order chi connectivity index (χ0) is 15.2. The van der Waals surface area contributed by atoms with Crippen LogP contribution in [0.5, 0.6) is 11.5 Å². The molecule has 0 amide bonds. The minimum atomic E-state index is -0.666. The average molecular weight is 282 g/mol. The highest BCUT2D eigenvalue weighted by atomic mass is 16.5. The highest BCUT2D eigenvalue weighted by molar-refractivity contribution is 5.66. The summed E-state index contributed by atoms with van der Waals surface area (Å²) in [7, 11) is 1.52. The molecule has 0 bridgehead atoms. The van der Waals surface area contributed by atoms with Gasteiger partial charge >= 0.3 is 5.97 Å². The molecule has 4 nitrogen and oxygen atoms in total. The summed E-state index contributed by atoms with van der Waals surface area (Å²) >= 11 is 0. The molecule has 2 N–H and O–H groups in total. The normalized spacial score (nSPS) is 9.50. The monoisotopic (exact) mass is 282 g/mol. The van der Waals surface area contributed by atoms with E-state index in [-0.39, 0.29) is 5.75 Å². The summed E-state index contributed by atoms with van der Waals surface area (Å²) in [6, 6.07) is 6.84. The van der Waals surface area contributed by atoms with Gasteiger partial charge < -0.3 is 14.9 Å². The second kappa shape index (κ2) is 12.3. The van der Waals surface area contributed by atoms with Crippen LogP contribution < -0.4 is 4.74 Å². The number of hydrogen-bond donors (Lipinski definition) is 2. The molecular weight excluding hydrogens is 256 g/mol.